The zero-order valence-corrected chi connectivity index (χ0v) is 16.2. The minimum absolute atomic E-state index is 0.111. The number of benzene rings is 1. The molecule has 2 saturated carbocycles. The predicted octanol–water partition coefficient (Wildman–Crippen LogP) is 2.79. The molecular weight excluding hydrogens is 376 g/mol. The zero-order chi connectivity index (χ0) is 21.2. The van der Waals surface area contributed by atoms with E-state index in [-0.39, 0.29) is 28.6 Å². The largest absolute Gasteiger partial charge is 0.478 e. The average molecular weight is 402 g/mol. The molecule has 156 valence electrons. The lowest BCUT2D eigenvalue weighted by atomic mass is 9.78. The summed E-state index contributed by atoms with van der Waals surface area (Å²) in [5.74, 6) is -3.81. The molecule has 2 aliphatic carbocycles. The third-order valence-corrected chi connectivity index (χ3v) is 6.16. The van der Waals surface area contributed by atoms with Gasteiger partial charge in [-0.05, 0) is 43.9 Å². The van der Waals surface area contributed by atoms with Gasteiger partial charge in [0.2, 0.25) is 11.8 Å². The van der Waals surface area contributed by atoms with E-state index in [9.17, 15) is 29.4 Å². The molecular formula is C21H26N2O6. The van der Waals surface area contributed by atoms with E-state index in [1.807, 2.05) is 0 Å². The van der Waals surface area contributed by atoms with Crippen LogP contribution in [0.2, 0.25) is 0 Å². The van der Waals surface area contributed by atoms with Crippen LogP contribution in [0.4, 0.5) is 5.69 Å². The van der Waals surface area contributed by atoms with Crippen LogP contribution in [-0.2, 0) is 9.59 Å². The van der Waals surface area contributed by atoms with Crippen LogP contribution in [0.5, 0.6) is 0 Å². The number of aromatic carboxylic acids is 2. The molecule has 2 aliphatic rings. The molecule has 8 nitrogen and oxygen atoms in total. The van der Waals surface area contributed by atoms with Gasteiger partial charge in [0.25, 0.3) is 0 Å². The molecule has 3 rings (SSSR count). The molecule has 29 heavy (non-hydrogen) atoms. The number of nitrogens with two attached hydrogens (primary N) is 1. The van der Waals surface area contributed by atoms with Gasteiger partial charge < -0.3 is 15.9 Å². The summed E-state index contributed by atoms with van der Waals surface area (Å²) in [5, 5.41) is 18.9. The molecule has 0 spiro atoms. The fourth-order valence-corrected chi connectivity index (χ4v) is 4.64. The smallest absolute Gasteiger partial charge is 0.335 e. The second kappa shape index (κ2) is 8.23. The molecule has 1 aromatic carbocycles. The van der Waals surface area contributed by atoms with Crippen molar-refractivity contribution in [1.29, 1.82) is 0 Å². The lowest BCUT2D eigenvalue weighted by molar-refractivity contribution is -0.131. The highest BCUT2D eigenvalue weighted by molar-refractivity contribution is 6.06. The molecule has 0 aromatic heterocycles. The molecule has 0 unspecified atom stereocenters. The lowest BCUT2D eigenvalue weighted by Crippen LogP contribution is -2.62. The highest BCUT2D eigenvalue weighted by Gasteiger charge is 2.48. The lowest BCUT2D eigenvalue weighted by Gasteiger charge is -2.45. The number of hydrogen-bond acceptors (Lipinski definition) is 4. The van der Waals surface area contributed by atoms with Gasteiger partial charge in [-0.1, -0.05) is 32.1 Å². The minimum Gasteiger partial charge on any atom is -0.478 e. The number of carboxylic acids is 2. The molecule has 0 atom stereocenters. The van der Waals surface area contributed by atoms with Gasteiger partial charge in [-0.3, -0.25) is 14.5 Å². The average Bonchev–Trinajstić information content (AvgIpc) is 3.23. The SMILES string of the molecule is NC(=O)C1(N(C(=O)C2CCCC2)c2cc(C(=O)O)cc(C(=O)O)c2)CCCCC1. The molecule has 2 fully saturated rings. The number of carbonyl (C=O) groups is 4. The maximum atomic E-state index is 13.5. The summed E-state index contributed by atoms with van der Waals surface area (Å²) < 4.78 is 0. The second-order valence-electron chi connectivity index (χ2n) is 7.99. The van der Waals surface area contributed by atoms with Crippen LogP contribution in [0, 0.1) is 5.92 Å². The Morgan fingerprint density at radius 3 is 1.83 bits per heavy atom. The van der Waals surface area contributed by atoms with E-state index in [1.165, 1.54) is 17.0 Å². The summed E-state index contributed by atoms with van der Waals surface area (Å²) in [7, 11) is 0. The van der Waals surface area contributed by atoms with Gasteiger partial charge in [-0.25, -0.2) is 9.59 Å². The number of nitrogens with zero attached hydrogens (tertiary/aromatic N) is 1. The summed E-state index contributed by atoms with van der Waals surface area (Å²) >= 11 is 0. The van der Waals surface area contributed by atoms with Crippen molar-refractivity contribution in [3.05, 3.63) is 29.3 Å². The van der Waals surface area contributed by atoms with Crippen molar-refractivity contribution in [3.8, 4) is 0 Å². The quantitative estimate of drug-likeness (QED) is 0.669. The van der Waals surface area contributed by atoms with Crippen molar-refractivity contribution in [2.75, 3.05) is 4.90 Å². The van der Waals surface area contributed by atoms with Crippen LogP contribution in [-0.4, -0.2) is 39.5 Å². The molecule has 0 saturated heterocycles. The first kappa shape index (κ1) is 20.8. The number of carbonyl (C=O) groups excluding carboxylic acids is 2. The van der Waals surface area contributed by atoms with Crippen molar-refractivity contribution in [2.24, 2.45) is 11.7 Å². The second-order valence-corrected chi connectivity index (χ2v) is 7.99. The van der Waals surface area contributed by atoms with E-state index in [1.54, 1.807) is 0 Å². The van der Waals surface area contributed by atoms with Gasteiger partial charge in [-0.2, -0.15) is 0 Å². The van der Waals surface area contributed by atoms with Crippen molar-refractivity contribution < 1.29 is 29.4 Å². The van der Waals surface area contributed by atoms with E-state index < -0.39 is 23.4 Å². The minimum atomic E-state index is -1.31. The van der Waals surface area contributed by atoms with Crippen LogP contribution in [0.3, 0.4) is 0 Å². The van der Waals surface area contributed by atoms with Gasteiger partial charge in [0.05, 0.1) is 11.1 Å². The Kier molecular flexibility index (Phi) is 5.91. The molecule has 4 N–H and O–H groups in total. The van der Waals surface area contributed by atoms with Gasteiger partial charge in [0.1, 0.15) is 5.54 Å². The van der Waals surface area contributed by atoms with Crippen LogP contribution < -0.4 is 10.6 Å². The van der Waals surface area contributed by atoms with Gasteiger partial charge in [0.15, 0.2) is 0 Å². The van der Waals surface area contributed by atoms with Crippen LogP contribution in [0.1, 0.15) is 78.5 Å². The standard InChI is InChI=1S/C21H26N2O6/c22-20(29)21(8-4-1-5-9-21)23(17(24)13-6-2-3-7-13)16-11-14(18(25)26)10-15(12-16)19(27)28/h10-13H,1-9H2,(H2,22,29)(H,25,26)(H,27,28). The zero-order valence-electron chi connectivity index (χ0n) is 16.2. The number of amides is 2. The number of rotatable bonds is 6. The summed E-state index contributed by atoms with van der Waals surface area (Å²) in [6.07, 6.45) is 6.27. The van der Waals surface area contributed by atoms with Crippen LogP contribution >= 0.6 is 0 Å². The van der Waals surface area contributed by atoms with E-state index >= 15 is 0 Å². The summed E-state index contributed by atoms with van der Waals surface area (Å²) in [6, 6.07) is 3.58. The van der Waals surface area contributed by atoms with E-state index in [0.717, 1.165) is 25.3 Å². The van der Waals surface area contributed by atoms with Crippen molar-refractivity contribution in [2.45, 2.75) is 63.3 Å². The Labute approximate surface area is 168 Å². The Hall–Kier alpha value is -2.90. The first-order valence-corrected chi connectivity index (χ1v) is 10.0. The van der Waals surface area contributed by atoms with Crippen LogP contribution in [0.25, 0.3) is 0 Å². The van der Waals surface area contributed by atoms with E-state index in [4.69, 9.17) is 5.73 Å². The van der Waals surface area contributed by atoms with Gasteiger partial charge >= 0.3 is 11.9 Å². The molecule has 0 bridgehead atoms. The Morgan fingerprint density at radius 2 is 1.38 bits per heavy atom. The van der Waals surface area contributed by atoms with Gasteiger partial charge in [-0.15, -0.1) is 0 Å². The Morgan fingerprint density at radius 1 is 0.862 bits per heavy atom. The number of anilines is 1. The molecule has 0 heterocycles. The number of primary amides is 1. The van der Waals surface area contributed by atoms with E-state index in [0.29, 0.717) is 38.5 Å². The maximum absolute atomic E-state index is 13.5. The Balaban J connectivity index is 2.19. The summed E-state index contributed by atoms with van der Waals surface area (Å²) in [6.45, 7) is 0. The fraction of sp³-hybridized carbons (Fsp3) is 0.524. The first-order valence-electron chi connectivity index (χ1n) is 10.0. The number of hydrogen-bond donors (Lipinski definition) is 3. The maximum Gasteiger partial charge on any atom is 0.335 e. The molecule has 0 radical (unpaired) electrons. The van der Waals surface area contributed by atoms with Crippen LogP contribution in [0.15, 0.2) is 18.2 Å². The fourth-order valence-electron chi connectivity index (χ4n) is 4.64. The van der Waals surface area contributed by atoms with Gasteiger partial charge in [0, 0.05) is 11.6 Å². The highest BCUT2D eigenvalue weighted by Crippen LogP contribution is 2.40. The third-order valence-electron chi connectivity index (χ3n) is 6.16. The van der Waals surface area contributed by atoms with Crippen molar-refractivity contribution in [3.63, 3.8) is 0 Å². The van der Waals surface area contributed by atoms with Crippen molar-refractivity contribution >= 4 is 29.4 Å². The van der Waals surface area contributed by atoms with E-state index in [2.05, 4.69) is 0 Å². The monoisotopic (exact) mass is 402 g/mol. The Bertz CT molecular complexity index is 805. The summed E-state index contributed by atoms with van der Waals surface area (Å²) in [4.78, 5) is 50.7. The topological polar surface area (TPSA) is 138 Å². The third kappa shape index (κ3) is 3.97. The molecule has 1 aromatic rings. The molecule has 2 amide bonds. The summed E-state index contributed by atoms with van der Waals surface area (Å²) in [5.41, 5.74) is 4.14. The predicted molar refractivity (Wildman–Crippen MR) is 105 cm³/mol. The first-order chi connectivity index (χ1) is 13.8. The molecule has 8 heteroatoms. The molecule has 0 aliphatic heterocycles. The van der Waals surface area contributed by atoms with Crippen molar-refractivity contribution in [1.82, 2.24) is 0 Å². The number of carboxylic acid groups (broad SMARTS) is 2. The highest BCUT2D eigenvalue weighted by atomic mass is 16.4. The normalized spacial score (nSPS) is 18.9.